The highest BCUT2D eigenvalue weighted by atomic mass is 127. The van der Waals surface area contributed by atoms with Gasteiger partial charge < -0.3 is 14.0 Å². The molecule has 0 aliphatic rings. The zero-order valence-corrected chi connectivity index (χ0v) is 20.7. The fourth-order valence-corrected chi connectivity index (χ4v) is 4.07. The Morgan fingerprint density at radius 1 is 1.09 bits per heavy atom. The van der Waals surface area contributed by atoms with Crippen molar-refractivity contribution in [3.63, 3.8) is 0 Å². The maximum absolute atomic E-state index is 12.4. The first-order valence-corrected chi connectivity index (χ1v) is 10.9. The van der Waals surface area contributed by atoms with Crippen LogP contribution >= 0.6 is 22.6 Å². The second-order valence-corrected chi connectivity index (χ2v) is 8.31. The van der Waals surface area contributed by atoms with Crippen LogP contribution in [0.1, 0.15) is 43.2 Å². The minimum Gasteiger partial charge on any atom is -0.496 e. The van der Waals surface area contributed by atoms with E-state index in [1.54, 1.807) is 31.5 Å². The van der Waals surface area contributed by atoms with Gasteiger partial charge in [0.15, 0.2) is 0 Å². The summed E-state index contributed by atoms with van der Waals surface area (Å²) in [6.07, 6.45) is 1.61. The van der Waals surface area contributed by atoms with Crippen LogP contribution in [-0.2, 0) is 4.74 Å². The van der Waals surface area contributed by atoms with Gasteiger partial charge >= 0.3 is 5.97 Å². The molecule has 0 atom stereocenters. The van der Waals surface area contributed by atoms with Gasteiger partial charge in [0, 0.05) is 28.2 Å². The molecule has 0 bridgehead atoms. The first-order valence-electron chi connectivity index (χ1n) is 9.82. The summed E-state index contributed by atoms with van der Waals surface area (Å²) in [7, 11) is 2.94. The normalized spacial score (nSPS) is 10.9. The molecule has 1 N–H and O–H groups in total. The Labute approximate surface area is 200 Å². The van der Waals surface area contributed by atoms with Crippen LogP contribution in [0.25, 0.3) is 5.69 Å². The lowest BCUT2D eigenvalue weighted by Crippen LogP contribution is -2.17. The Balaban J connectivity index is 1.85. The molecule has 0 saturated heterocycles. The lowest BCUT2D eigenvalue weighted by atomic mass is 10.1. The highest BCUT2D eigenvalue weighted by Gasteiger charge is 2.16. The molecule has 7 nitrogen and oxygen atoms in total. The number of carbonyl (C=O) groups excluding carboxylic acids is 2. The van der Waals surface area contributed by atoms with Gasteiger partial charge in [0.2, 0.25) is 0 Å². The number of nitrogens with one attached hydrogen (secondary N) is 1. The lowest BCUT2D eigenvalue weighted by molar-refractivity contribution is 0.0599. The maximum Gasteiger partial charge on any atom is 0.338 e. The topological polar surface area (TPSA) is 81.9 Å². The van der Waals surface area contributed by atoms with Crippen molar-refractivity contribution >= 4 is 40.7 Å². The van der Waals surface area contributed by atoms with E-state index in [0.29, 0.717) is 16.9 Å². The van der Waals surface area contributed by atoms with Crippen molar-refractivity contribution in [2.45, 2.75) is 20.8 Å². The molecule has 0 unspecified atom stereocenters. The Morgan fingerprint density at radius 3 is 2.53 bits per heavy atom. The van der Waals surface area contributed by atoms with E-state index in [0.717, 1.165) is 31.8 Å². The van der Waals surface area contributed by atoms with Crippen LogP contribution in [0.2, 0.25) is 0 Å². The smallest absolute Gasteiger partial charge is 0.338 e. The number of hydrogen-bond donors (Lipinski definition) is 1. The molecular weight excluding hydrogens is 521 g/mol. The second kappa shape index (κ2) is 9.99. The van der Waals surface area contributed by atoms with Gasteiger partial charge in [0.1, 0.15) is 5.75 Å². The van der Waals surface area contributed by atoms with Crippen LogP contribution in [-0.4, -0.2) is 36.9 Å². The summed E-state index contributed by atoms with van der Waals surface area (Å²) < 4.78 is 13.1. The van der Waals surface area contributed by atoms with Crippen molar-refractivity contribution in [3.8, 4) is 11.4 Å². The predicted octanol–water partition coefficient (Wildman–Crippen LogP) is 4.57. The number of nitrogens with zero attached hydrogens (tertiary/aromatic N) is 2. The number of ether oxygens (including phenoxy) is 2. The third-order valence-corrected chi connectivity index (χ3v) is 6.10. The van der Waals surface area contributed by atoms with Crippen LogP contribution < -0.4 is 10.2 Å². The van der Waals surface area contributed by atoms with E-state index < -0.39 is 0 Å². The molecule has 3 aromatic rings. The average molecular weight is 545 g/mol. The minimum atomic E-state index is -0.372. The lowest BCUT2D eigenvalue weighted by Gasteiger charge is -2.15. The molecule has 0 aliphatic carbocycles. The molecule has 166 valence electrons. The van der Waals surface area contributed by atoms with E-state index in [1.807, 2.05) is 45.0 Å². The summed E-state index contributed by atoms with van der Waals surface area (Å²) in [6.45, 7) is 5.83. The number of aromatic nitrogens is 1. The summed E-state index contributed by atoms with van der Waals surface area (Å²) in [5.74, 6) is -0.0646. The summed E-state index contributed by atoms with van der Waals surface area (Å²) >= 11 is 2.15. The number of amides is 1. The van der Waals surface area contributed by atoms with E-state index in [2.05, 4.69) is 37.7 Å². The number of hydrazone groups is 1. The minimum absolute atomic E-state index is 0.327. The Morgan fingerprint density at radius 2 is 1.84 bits per heavy atom. The molecule has 1 aromatic heterocycles. The molecule has 1 amide bonds. The highest BCUT2D eigenvalue weighted by molar-refractivity contribution is 14.1. The molecule has 1 heterocycles. The van der Waals surface area contributed by atoms with E-state index >= 15 is 0 Å². The number of hydrogen-bond acceptors (Lipinski definition) is 5. The highest BCUT2D eigenvalue weighted by Crippen LogP contribution is 2.25. The second-order valence-electron chi connectivity index (χ2n) is 7.15. The van der Waals surface area contributed by atoms with Crippen molar-refractivity contribution in [2.24, 2.45) is 5.10 Å². The molecule has 3 rings (SSSR count). The number of aryl methyl sites for hydroxylation is 1. The van der Waals surface area contributed by atoms with Gasteiger partial charge in [0.25, 0.3) is 5.91 Å². The summed E-state index contributed by atoms with van der Waals surface area (Å²) in [6, 6.07) is 12.7. The first kappa shape index (κ1) is 23.5. The Bertz CT molecular complexity index is 1210. The zero-order chi connectivity index (χ0) is 23.4. The van der Waals surface area contributed by atoms with Gasteiger partial charge in [-0.25, -0.2) is 10.2 Å². The van der Waals surface area contributed by atoms with Gasteiger partial charge in [-0.05, 0) is 85.3 Å². The van der Waals surface area contributed by atoms with Crippen molar-refractivity contribution in [1.29, 1.82) is 0 Å². The largest absolute Gasteiger partial charge is 0.496 e. The standard InChI is InChI=1S/C24H24IN3O4/c1-14-11-18(13-26-27-23(29)17-9-10-20(25)22(12-17)31-4)16(3)28(14)21-8-6-7-19(15(21)2)24(30)32-5/h6-13H,1-5H3,(H,27,29)/b26-13+. The summed E-state index contributed by atoms with van der Waals surface area (Å²) in [4.78, 5) is 24.5. The molecule has 0 aliphatic heterocycles. The molecule has 0 fully saturated rings. The number of halogens is 1. The van der Waals surface area contributed by atoms with Crippen molar-refractivity contribution < 1.29 is 19.1 Å². The van der Waals surface area contributed by atoms with Crippen LogP contribution in [0, 0.1) is 24.3 Å². The number of esters is 1. The van der Waals surface area contributed by atoms with Crippen molar-refractivity contribution in [2.75, 3.05) is 14.2 Å². The number of carbonyl (C=O) groups is 2. The van der Waals surface area contributed by atoms with Crippen LogP contribution in [0.5, 0.6) is 5.75 Å². The zero-order valence-electron chi connectivity index (χ0n) is 18.5. The molecule has 32 heavy (non-hydrogen) atoms. The number of rotatable bonds is 6. The fraction of sp³-hybridized carbons (Fsp3) is 0.208. The SMILES string of the molecule is COC(=O)c1cccc(-n2c(C)cc(/C=N/NC(=O)c3ccc(I)c(OC)c3)c2C)c1C. The van der Waals surface area contributed by atoms with Crippen molar-refractivity contribution in [3.05, 3.63) is 79.7 Å². The number of benzene rings is 2. The molecule has 0 spiro atoms. The van der Waals surface area contributed by atoms with Gasteiger partial charge in [0.05, 0.1) is 29.6 Å². The Kier molecular flexibility index (Phi) is 7.34. The monoisotopic (exact) mass is 545 g/mol. The van der Waals surface area contributed by atoms with Crippen molar-refractivity contribution in [1.82, 2.24) is 9.99 Å². The van der Waals surface area contributed by atoms with E-state index in [1.165, 1.54) is 7.11 Å². The van der Waals surface area contributed by atoms with Gasteiger partial charge in [-0.3, -0.25) is 4.79 Å². The first-order chi connectivity index (χ1) is 15.3. The number of methoxy groups -OCH3 is 2. The average Bonchev–Trinajstić information content (AvgIpc) is 3.06. The molecule has 0 radical (unpaired) electrons. The van der Waals surface area contributed by atoms with E-state index in [4.69, 9.17) is 9.47 Å². The molecule has 0 saturated carbocycles. The molecular formula is C24H24IN3O4. The third-order valence-electron chi connectivity index (χ3n) is 5.20. The maximum atomic E-state index is 12.4. The quantitative estimate of drug-likeness (QED) is 0.213. The van der Waals surface area contributed by atoms with Crippen LogP contribution in [0.15, 0.2) is 47.6 Å². The fourth-order valence-electron chi connectivity index (χ4n) is 3.51. The van der Waals surface area contributed by atoms with Gasteiger partial charge in [-0.15, -0.1) is 0 Å². The van der Waals surface area contributed by atoms with Gasteiger partial charge in [-0.2, -0.15) is 5.10 Å². The predicted molar refractivity (Wildman–Crippen MR) is 132 cm³/mol. The summed E-state index contributed by atoms with van der Waals surface area (Å²) in [5.41, 5.74) is 8.01. The van der Waals surface area contributed by atoms with Crippen LogP contribution in [0.4, 0.5) is 0 Å². The Hall–Kier alpha value is -3.14. The molecule has 8 heteroatoms. The molecule has 2 aromatic carbocycles. The van der Waals surface area contributed by atoms with Gasteiger partial charge in [-0.1, -0.05) is 6.07 Å². The summed E-state index contributed by atoms with van der Waals surface area (Å²) in [5, 5.41) is 4.13. The third kappa shape index (κ3) is 4.69. The van der Waals surface area contributed by atoms with E-state index in [9.17, 15) is 9.59 Å². The van der Waals surface area contributed by atoms with Crippen LogP contribution in [0.3, 0.4) is 0 Å². The van der Waals surface area contributed by atoms with E-state index in [-0.39, 0.29) is 11.9 Å².